The average Bonchev–Trinajstić information content (AvgIpc) is 2.48. The van der Waals surface area contributed by atoms with E-state index < -0.39 is 0 Å². The third-order valence-electron chi connectivity index (χ3n) is 4.28. The summed E-state index contributed by atoms with van der Waals surface area (Å²) < 4.78 is 0. The first-order valence-corrected chi connectivity index (χ1v) is 7.94. The van der Waals surface area contributed by atoms with E-state index in [9.17, 15) is 0 Å². The quantitative estimate of drug-likeness (QED) is 0.670. The van der Waals surface area contributed by atoms with Gasteiger partial charge in [-0.15, -0.1) is 0 Å². The fourth-order valence-corrected chi connectivity index (χ4v) is 2.83. The maximum absolute atomic E-state index is 3.43. The molecule has 0 amide bonds. The summed E-state index contributed by atoms with van der Waals surface area (Å²) in [6.07, 6.45) is 2.48. The summed E-state index contributed by atoms with van der Waals surface area (Å²) in [5, 5.41) is 3.43. The molecule has 0 aromatic heterocycles. The van der Waals surface area contributed by atoms with Gasteiger partial charge < -0.3 is 5.32 Å². The summed E-state index contributed by atoms with van der Waals surface area (Å²) in [4.78, 5) is 0. The molecule has 112 valence electrons. The zero-order valence-electron chi connectivity index (χ0n) is 13.7. The Bertz CT molecular complexity index is 540. The summed E-state index contributed by atoms with van der Waals surface area (Å²) in [7, 11) is 0. The van der Waals surface area contributed by atoms with E-state index in [4.69, 9.17) is 0 Å². The Morgan fingerprint density at radius 3 is 2.05 bits per heavy atom. The Morgan fingerprint density at radius 1 is 0.905 bits per heavy atom. The van der Waals surface area contributed by atoms with Crippen molar-refractivity contribution in [3.8, 4) is 0 Å². The van der Waals surface area contributed by atoms with Crippen LogP contribution in [0.3, 0.4) is 0 Å². The standard InChI is InChI=1S/C20H27N/c1-5-16(2)15-20(3,4)17-11-13-19(14-12-17)21-18-9-7-6-8-10-18/h6-14,16,21H,5,15H2,1-4H3. The van der Waals surface area contributed by atoms with E-state index in [2.05, 4.69) is 69.4 Å². The lowest BCUT2D eigenvalue weighted by Crippen LogP contribution is -2.20. The summed E-state index contributed by atoms with van der Waals surface area (Å²) in [5.41, 5.74) is 3.93. The molecule has 0 aliphatic carbocycles. The molecule has 1 unspecified atom stereocenters. The second-order valence-electron chi connectivity index (χ2n) is 6.67. The monoisotopic (exact) mass is 281 g/mol. The average molecular weight is 281 g/mol. The molecule has 0 heterocycles. The first-order chi connectivity index (χ1) is 10.0. The maximum atomic E-state index is 3.43. The van der Waals surface area contributed by atoms with Gasteiger partial charge in [-0.05, 0) is 47.6 Å². The molecule has 2 aromatic carbocycles. The lowest BCUT2D eigenvalue weighted by atomic mass is 9.77. The molecule has 21 heavy (non-hydrogen) atoms. The van der Waals surface area contributed by atoms with Crippen molar-refractivity contribution in [3.63, 3.8) is 0 Å². The Morgan fingerprint density at radius 2 is 1.48 bits per heavy atom. The number of nitrogens with one attached hydrogen (secondary N) is 1. The third kappa shape index (κ3) is 4.35. The maximum Gasteiger partial charge on any atom is 0.0384 e. The highest BCUT2D eigenvalue weighted by Gasteiger charge is 2.22. The van der Waals surface area contributed by atoms with Gasteiger partial charge in [0.05, 0.1) is 0 Å². The molecule has 0 saturated heterocycles. The van der Waals surface area contributed by atoms with Gasteiger partial charge >= 0.3 is 0 Å². The van der Waals surface area contributed by atoms with E-state index in [1.807, 2.05) is 18.2 Å². The molecule has 0 spiro atoms. The predicted molar refractivity (Wildman–Crippen MR) is 93.3 cm³/mol. The van der Waals surface area contributed by atoms with Gasteiger partial charge in [-0.25, -0.2) is 0 Å². The molecule has 1 N–H and O–H groups in total. The van der Waals surface area contributed by atoms with Crippen LogP contribution in [0, 0.1) is 5.92 Å². The number of rotatable bonds is 6. The van der Waals surface area contributed by atoms with Crippen molar-refractivity contribution in [1.82, 2.24) is 0 Å². The second-order valence-corrected chi connectivity index (χ2v) is 6.67. The first-order valence-electron chi connectivity index (χ1n) is 7.94. The highest BCUT2D eigenvalue weighted by atomic mass is 14.9. The van der Waals surface area contributed by atoms with Gasteiger partial charge in [0.2, 0.25) is 0 Å². The van der Waals surface area contributed by atoms with E-state index in [1.54, 1.807) is 0 Å². The van der Waals surface area contributed by atoms with Gasteiger partial charge in [-0.3, -0.25) is 0 Å². The highest BCUT2D eigenvalue weighted by molar-refractivity contribution is 5.59. The Labute approximate surface area is 129 Å². The number of anilines is 2. The summed E-state index contributed by atoms with van der Waals surface area (Å²) in [5.74, 6) is 0.766. The fourth-order valence-electron chi connectivity index (χ4n) is 2.83. The van der Waals surface area contributed by atoms with Crippen LogP contribution in [0.15, 0.2) is 54.6 Å². The van der Waals surface area contributed by atoms with Gasteiger partial charge in [0.1, 0.15) is 0 Å². The molecule has 0 radical (unpaired) electrons. The van der Waals surface area contributed by atoms with Gasteiger partial charge in [0.25, 0.3) is 0 Å². The molecule has 0 saturated carbocycles. The Balaban J connectivity index is 2.08. The summed E-state index contributed by atoms with van der Waals surface area (Å²) >= 11 is 0. The molecular formula is C20H27N. The molecule has 0 fully saturated rings. The minimum Gasteiger partial charge on any atom is -0.356 e. The number of para-hydroxylation sites is 1. The van der Waals surface area contributed by atoms with Crippen molar-refractivity contribution in [2.24, 2.45) is 5.92 Å². The summed E-state index contributed by atoms with van der Waals surface area (Å²) in [6.45, 7) is 9.30. The molecule has 0 bridgehead atoms. The van der Waals surface area contributed by atoms with Crippen LogP contribution in [0.25, 0.3) is 0 Å². The van der Waals surface area contributed by atoms with Crippen molar-refractivity contribution in [2.45, 2.75) is 46.0 Å². The smallest absolute Gasteiger partial charge is 0.0384 e. The van der Waals surface area contributed by atoms with Crippen LogP contribution in [-0.2, 0) is 5.41 Å². The SMILES string of the molecule is CCC(C)CC(C)(C)c1ccc(Nc2ccccc2)cc1. The lowest BCUT2D eigenvalue weighted by Gasteiger charge is -2.28. The van der Waals surface area contributed by atoms with Crippen LogP contribution in [0.4, 0.5) is 11.4 Å². The van der Waals surface area contributed by atoms with Gasteiger partial charge in [0.15, 0.2) is 0 Å². The predicted octanol–water partition coefficient (Wildman–Crippen LogP) is 6.14. The highest BCUT2D eigenvalue weighted by Crippen LogP contribution is 2.32. The molecule has 2 aromatic rings. The van der Waals surface area contributed by atoms with E-state index in [0.717, 1.165) is 17.3 Å². The number of hydrogen-bond acceptors (Lipinski definition) is 1. The zero-order chi connectivity index (χ0) is 15.3. The van der Waals surface area contributed by atoms with Crippen molar-refractivity contribution < 1.29 is 0 Å². The second kappa shape index (κ2) is 6.80. The van der Waals surface area contributed by atoms with E-state index >= 15 is 0 Å². The lowest BCUT2D eigenvalue weighted by molar-refractivity contribution is 0.372. The molecule has 1 atom stereocenters. The van der Waals surface area contributed by atoms with E-state index in [-0.39, 0.29) is 5.41 Å². The number of hydrogen-bond donors (Lipinski definition) is 1. The van der Waals surface area contributed by atoms with Crippen molar-refractivity contribution in [3.05, 3.63) is 60.2 Å². The third-order valence-corrected chi connectivity index (χ3v) is 4.28. The Kier molecular flexibility index (Phi) is 5.06. The minimum atomic E-state index is 0.237. The normalized spacial score (nSPS) is 13.0. The van der Waals surface area contributed by atoms with Gasteiger partial charge in [0, 0.05) is 11.4 Å². The van der Waals surface area contributed by atoms with Crippen LogP contribution < -0.4 is 5.32 Å². The van der Waals surface area contributed by atoms with E-state index in [0.29, 0.717) is 0 Å². The van der Waals surface area contributed by atoms with E-state index in [1.165, 1.54) is 18.4 Å². The molecule has 1 heteroatoms. The van der Waals surface area contributed by atoms with Crippen molar-refractivity contribution in [2.75, 3.05) is 5.32 Å². The minimum absolute atomic E-state index is 0.237. The Hall–Kier alpha value is -1.76. The number of benzene rings is 2. The largest absolute Gasteiger partial charge is 0.356 e. The topological polar surface area (TPSA) is 12.0 Å². The van der Waals surface area contributed by atoms with Crippen molar-refractivity contribution in [1.29, 1.82) is 0 Å². The molecular weight excluding hydrogens is 254 g/mol. The van der Waals surface area contributed by atoms with Gasteiger partial charge in [-0.2, -0.15) is 0 Å². The molecule has 0 aliphatic heterocycles. The van der Waals surface area contributed by atoms with Gasteiger partial charge in [-0.1, -0.05) is 64.4 Å². The summed E-state index contributed by atoms with van der Waals surface area (Å²) in [6, 6.07) is 19.2. The molecule has 0 aliphatic rings. The molecule has 1 nitrogen and oxygen atoms in total. The van der Waals surface area contributed by atoms with Crippen LogP contribution in [-0.4, -0.2) is 0 Å². The van der Waals surface area contributed by atoms with Crippen LogP contribution in [0.2, 0.25) is 0 Å². The zero-order valence-corrected chi connectivity index (χ0v) is 13.7. The fraction of sp³-hybridized carbons (Fsp3) is 0.400. The van der Waals surface area contributed by atoms with Crippen LogP contribution in [0.1, 0.15) is 46.1 Å². The first kappa shape index (κ1) is 15.6. The van der Waals surface area contributed by atoms with Crippen LogP contribution in [0.5, 0.6) is 0 Å². The van der Waals surface area contributed by atoms with Crippen LogP contribution >= 0.6 is 0 Å². The van der Waals surface area contributed by atoms with Crippen molar-refractivity contribution >= 4 is 11.4 Å². The molecule has 2 rings (SSSR count).